The van der Waals surface area contributed by atoms with E-state index in [0.29, 0.717) is 43.0 Å². The molecule has 2 amide bonds. The fraction of sp³-hybridized carbons (Fsp3) is 0.500. The summed E-state index contributed by atoms with van der Waals surface area (Å²) in [5.41, 5.74) is 0.512. The van der Waals surface area contributed by atoms with Crippen molar-refractivity contribution in [2.75, 3.05) is 39.3 Å². The second-order valence-corrected chi connectivity index (χ2v) is 14.2. The highest BCUT2D eigenvalue weighted by Crippen LogP contribution is 2.41. The van der Waals surface area contributed by atoms with Crippen molar-refractivity contribution in [2.24, 2.45) is 0 Å². The zero-order valence-electron chi connectivity index (χ0n) is 28.0. The number of carbonyl (C=O) groups is 2. The number of likely N-dealkylation sites (tertiary alicyclic amines) is 3. The van der Waals surface area contributed by atoms with Gasteiger partial charge in [0.15, 0.2) is 6.10 Å². The van der Waals surface area contributed by atoms with Gasteiger partial charge in [-0.1, -0.05) is 36.2 Å². The Kier molecular flexibility index (Phi) is 9.90. The summed E-state index contributed by atoms with van der Waals surface area (Å²) >= 11 is 5.99. The number of fused-ring (bicyclic) bond motifs is 3. The highest BCUT2D eigenvalue weighted by atomic mass is 35.5. The number of nitrogens with one attached hydrogen (secondary N) is 1. The summed E-state index contributed by atoms with van der Waals surface area (Å²) in [6.45, 7) is 3.40. The number of aromatic amines is 1. The van der Waals surface area contributed by atoms with Gasteiger partial charge >= 0.3 is 18.0 Å². The first kappa shape index (κ1) is 35.1. The van der Waals surface area contributed by atoms with Crippen LogP contribution in [0.4, 0.5) is 18.0 Å². The second kappa shape index (κ2) is 14.4. The van der Waals surface area contributed by atoms with Crippen molar-refractivity contribution < 1.29 is 32.6 Å². The fourth-order valence-corrected chi connectivity index (χ4v) is 8.15. The molecule has 272 valence electrons. The van der Waals surface area contributed by atoms with Crippen molar-refractivity contribution in [1.29, 1.82) is 0 Å². The van der Waals surface area contributed by atoms with Crippen molar-refractivity contribution in [1.82, 2.24) is 29.2 Å². The Morgan fingerprint density at radius 2 is 1.63 bits per heavy atom. The van der Waals surface area contributed by atoms with Crippen molar-refractivity contribution in [3.8, 4) is 5.75 Å². The van der Waals surface area contributed by atoms with Crippen LogP contribution >= 0.6 is 11.6 Å². The number of rotatable bonds is 6. The molecule has 2 N–H and O–H groups in total. The first-order chi connectivity index (χ1) is 24.5. The van der Waals surface area contributed by atoms with E-state index in [1.807, 2.05) is 24.3 Å². The lowest BCUT2D eigenvalue weighted by molar-refractivity contribution is -0.142. The number of halogens is 4. The van der Waals surface area contributed by atoms with Gasteiger partial charge in [0.05, 0.1) is 33.3 Å². The van der Waals surface area contributed by atoms with Crippen LogP contribution in [-0.2, 0) is 22.1 Å². The zero-order valence-corrected chi connectivity index (χ0v) is 28.8. The van der Waals surface area contributed by atoms with Gasteiger partial charge in [-0.05, 0) is 75.4 Å². The fourth-order valence-electron chi connectivity index (χ4n) is 7.91. The van der Waals surface area contributed by atoms with Crippen LogP contribution in [0.15, 0.2) is 47.4 Å². The predicted molar refractivity (Wildman–Crippen MR) is 185 cm³/mol. The molecular formula is C36H40ClF3N6O5. The summed E-state index contributed by atoms with van der Waals surface area (Å²) in [6, 6.07) is 9.54. The molecule has 0 radical (unpaired) electrons. The van der Waals surface area contributed by atoms with E-state index in [0.717, 1.165) is 61.8 Å². The predicted octanol–water partition coefficient (Wildman–Crippen LogP) is 6.12. The van der Waals surface area contributed by atoms with Gasteiger partial charge in [-0.2, -0.15) is 13.2 Å². The molecule has 3 aliphatic rings. The quantitative estimate of drug-likeness (QED) is 0.245. The minimum Gasteiger partial charge on any atom is -0.506 e. The third-order valence-corrected chi connectivity index (χ3v) is 10.9. The van der Waals surface area contributed by atoms with Gasteiger partial charge in [0.25, 0.3) is 5.91 Å². The van der Waals surface area contributed by atoms with Crippen molar-refractivity contribution in [3.05, 3.63) is 69.2 Å². The van der Waals surface area contributed by atoms with Crippen LogP contribution in [0.2, 0.25) is 5.02 Å². The number of piperidine rings is 3. The van der Waals surface area contributed by atoms with Crippen LogP contribution in [0.1, 0.15) is 62.1 Å². The summed E-state index contributed by atoms with van der Waals surface area (Å²) < 4.78 is 48.7. The van der Waals surface area contributed by atoms with Crippen LogP contribution in [0.5, 0.6) is 5.75 Å². The van der Waals surface area contributed by atoms with Crippen molar-refractivity contribution in [2.45, 2.75) is 75.7 Å². The van der Waals surface area contributed by atoms with Gasteiger partial charge in [0.1, 0.15) is 5.75 Å². The van der Waals surface area contributed by atoms with Gasteiger partial charge in [-0.3, -0.25) is 14.3 Å². The Bertz CT molecular complexity index is 1980. The number of pyridine rings is 1. The highest BCUT2D eigenvalue weighted by Gasteiger charge is 2.38. The molecule has 2 aromatic carbocycles. The van der Waals surface area contributed by atoms with Crippen LogP contribution < -0.4 is 5.69 Å². The number of hydrogen-bond donors (Lipinski definition) is 2. The summed E-state index contributed by atoms with van der Waals surface area (Å²) in [4.78, 5) is 53.7. The molecule has 0 spiro atoms. The van der Waals surface area contributed by atoms with Crippen molar-refractivity contribution >= 4 is 45.5 Å². The lowest BCUT2D eigenvalue weighted by atomic mass is 9.98. The van der Waals surface area contributed by atoms with Gasteiger partial charge < -0.3 is 29.5 Å². The second-order valence-electron chi connectivity index (χ2n) is 13.8. The van der Waals surface area contributed by atoms with Gasteiger partial charge in [-0.15, -0.1) is 0 Å². The minimum absolute atomic E-state index is 0.00182. The van der Waals surface area contributed by atoms with Crippen LogP contribution in [0.3, 0.4) is 0 Å². The molecule has 0 saturated carbocycles. The number of aromatic hydroxyl groups is 1. The maximum absolute atomic E-state index is 14.0. The number of alkyl halides is 3. The highest BCUT2D eigenvalue weighted by molar-refractivity contribution is 6.32. The molecule has 4 aromatic rings. The normalized spacial score (nSPS) is 19.1. The number of carbonyl (C=O) groups excluding carboxylic acids is 2. The van der Waals surface area contributed by atoms with Crippen LogP contribution in [-0.4, -0.2) is 97.8 Å². The SMILES string of the molecule is O=C(O[C@H](Cc1cc(Cl)c(O)c(C(F)(F)F)c1)C(=O)N1CCC(N2CCCCC2)CC1)N1CCC(n2c(=O)[nH]c3c4ccccc4ncc32)CC1. The number of nitrogens with zero attached hydrogens (tertiary/aromatic N) is 5. The van der Waals surface area contributed by atoms with Gasteiger partial charge in [0.2, 0.25) is 0 Å². The maximum Gasteiger partial charge on any atom is 0.420 e. The molecule has 3 fully saturated rings. The molecular weight excluding hydrogens is 689 g/mol. The Balaban J connectivity index is 1.07. The third-order valence-electron chi connectivity index (χ3n) is 10.6. The van der Waals surface area contributed by atoms with E-state index in [-0.39, 0.29) is 36.8 Å². The third kappa shape index (κ3) is 7.25. The molecule has 5 heterocycles. The molecule has 3 saturated heterocycles. The molecule has 11 nitrogen and oxygen atoms in total. The van der Waals surface area contributed by atoms with E-state index in [1.165, 1.54) is 11.3 Å². The molecule has 3 aliphatic heterocycles. The standard InChI is InChI=1S/C36H40ClF3N6O5/c37-27-19-22(18-26(32(27)47)36(38,39)40)20-30(33(48)44-14-8-23(9-15-44)43-12-4-1-5-13-43)51-35(50)45-16-10-24(11-17-45)46-29-21-41-28-7-3-2-6-25(28)31(29)42-34(46)49/h2-3,6-7,18-19,21,23-24,30,47H,1,4-5,8-17,20H2,(H,42,49)/t30-/m1/s1. The number of amides is 2. The molecule has 0 bridgehead atoms. The van der Waals surface area contributed by atoms with Gasteiger partial charge in [0, 0.05) is 50.1 Å². The first-order valence-corrected chi connectivity index (χ1v) is 17.9. The number of benzene rings is 2. The van der Waals surface area contributed by atoms with E-state index in [2.05, 4.69) is 14.9 Å². The number of aromatic nitrogens is 3. The summed E-state index contributed by atoms with van der Waals surface area (Å²) in [7, 11) is 0. The lowest BCUT2D eigenvalue weighted by Crippen LogP contribution is -2.52. The summed E-state index contributed by atoms with van der Waals surface area (Å²) in [5.74, 6) is -1.59. The Morgan fingerprint density at radius 1 is 0.961 bits per heavy atom. The number of para-hydroxylation sites is 1. The average molecular weight is 729 g/mol. The Morgan fingerprint density at radius 3 is 2.33 bits per heavy atom. The molecule has 2 aromatic heterocycles. The largest absolute Gasteiger partial charge is 0.506 e. The van der Waals surface area contributed by atoms with Gasteiger partial charge in [-0.25, -0.2) is 9.59 Å². The smallest absolute Gasteiger partial charge is 0.420 e. The minimum atomic E-state index is -4.89. The van der Waals surface area contributed by atoms with Crippen LogP contribution in [0.25, 0.3) is 21.9 Å². The van der Waals surface area contributed by atoms with E-state index >= 15 is 0 Å². The average Bonchev–Trinajstić information content (AvgIpc) is 3.48. The summed E-state index contributed by atoms with van der Waals surface area (Å²) in [5, 5.41) is 10.3. The Hall–Kier alpha value is -4.30. The molecule has 1 atom stereocenters. The number of imidazole rings is 1. The molecule has 15 heteroatoms. The monoisotopic (exact) mass is 728 g/mol. The Labute approximate surface area is 296 Å². The molecule has 0 unspecified atom stereocenters. The molecule has 7 rings (SSSR count). The first-order valence-electron chi connectivity index (χ1n) is 17.5. The number of H-pyrrole nitrogens is 1. The number of phenolic OH excluding ortho intramolecular Hbond substituents is 1. The van der Waals surface area contributed by atoms with E-state index < -0.39 is 40.6 Å². The lowest BCUT2D eigenvalue weighted by Gasteiger charge is -2.41. The number of hydrogen-bond acceptors (Lipinski definition) is 7. The van der Waals surface area contributed by atoms with E-state index in [1.54, 1.807) is 15.7 Å². The zero-order chi connectivity index (χ0) is 35.9. The van der Waals surface area contributed by atoms with Crippen molar-refractivity contribution in [3.63, 3.8) is 0 Å². The van der Waals surface area contributed by atoms with E-state index in [4.69, 9.17) is 16.3 Å². The number of phenols is 1. The number of ether oxygens (including phenoxy) is 1. The maximum atomic E-state index is 14.0. The molecule has 0 aliphatic carbocycles. The molecule has 51 heavy (non-hydrogen) atoms. The van der Waals surface area contributed by atoms with E-state index in [9.17, 15) is 32.7 Å². The summed E-state index contributed by atoms with van der Waals surface area (Å²) in [6.07, 6.45) is 0.108. The van der Waals surface area contributed by atoms with Crippen LogP contribution in [0, 0.1) is 0 Å². The topological polar surface area (TPSA) is 124 Å².